The SMILES string of the molecule is NC(=O)[C@H](CO)NC(=O)[C@H](Cc1ccc(F)cc1)NC(=O)[C@H](CC1CCCCC1)NC(=O)[C@@H](N)CCCN=C(N)N. The average molecular weight is 579 g/mol. The van der Waals surface area contributed by atoms with Gasteiger partial charge in [0, 0.05) is 13.0 Å². The molecule has 14 heteroatoms. The molecular formula is C27H43FN8O5. The van der Waals surface area contributed by atoms with Crippen molar-refractivity contribution in [3.63, 3.8) is 0 Å². The summed E-state index contributed by atoms with van der Waals surface area (Å²) in [5.74, 6) is -3.22. The molecule has 2 rings (SSSR count). The predicted octanol–water partition coefficient (Wildman–Crippen LogP) is -1.35. The fourth-order valence-electron chi connectivity index (χ4n) is 4.73. The highest BCUT2D eigenvalue weighted by Crippen LogP contribution is 2.27. The summed E-state index contributed by atoms with van der Waals surface area (Å²) in [6, 6.07) is 0.863. The van der Waals surface area contributed by atoms with Gasteiger partial charge in [0.25, 0.3) is 0 Å². The molecule has 1 aromatic carbocycles. The van der Waals surface area contributed by atoms with Crippen molar-refractivity contribution in [3.05, 3.63) is 35.6 Å². The van der Waals surface area contributed by atoms with Crippen LogP contribution in [0.2, 0.25) is 0 Å². The van der Waals surface area contributed by atoms with E-state index in [0.29, 0.717) is 24.9 Å². The van der Waals surface area contributed by atoms with E-state index in [-0.39, 0.29) is 24.7 Å². The molecule has 0 bridgehead atoms. The first-order valence-corrected chi connectivity index (χ1v) is 13.9. The summed E-state index contributed by atoms with van der Waals surface area (Å²) in [6.07, 6.45) is 5.98. The number of primary amides is 1. The zero-order valence-corrected chi connectivity index (χ0v) is 23.2. The van der Waals surface area contributed by atoms with Crippen molar-refractivity contribution < 1.29 is 28.7 Å². The molecule has 0 heterocycles. The molecule has 0 saturated heterocycles. The van der Waals surface area contributed by atoms with E-state index in [0.717, 1.165) is 32.1 Å². The molecule has 1 saturated carbocycles. The number of nitrogens with zero attached hydrogens (tertiary/aromatic N) is 1. The minimum atomic E-state index is -1.37. The molecule has 1 aliphatic rings. The number of guanidine groups is 1. The normalized spacial score (nSPS) is 16.5. The molecule has 0 unspecified atom stereocenters. The van der Waals surface area contributed by atoms with Gasteiger partial charge >= 0.3 is 0 Å². The Bertz CT molecular complexity index is 1040. The summed E-state index contributed by atoms with van der Waals surface area (Å²) < 4.78 is 13.5. The number of aliphatic hydroxyl groups excluding tert-OH is 1. The van der Waals surface area contributed by atoms with Gasteiger partial charge in [0.2, 0.25) is 23.6 Å². The number of halogens is 1. The Morgan fingerprint density at radius 2 is 1.49 bits per heavy atom. The fraction of sp³-hybridized carbons (Fsp3) is 0.593. The maximum Gasteiger partial charge on any atom is 0.243 e. The zero-order chi connectivity index (χ0) is 30.4. The van der Waals surface area contributed by atoms with Gasteiger partial charge in [-0.25, -0.2) is 4.39 Å². The highest BCUT2D eigenvalue weighted by atomic mass is 19.1. The largest absolute Gasteiger partial charge is 0.394 e. The van der Waals surface area contributed by atoms with Gasteiger partial charge in [-0.15, -0.1) is 0 Å². The van der Waals surface area contributed by atoms with Crippen LogP contribution in [-0.2, 0) is 25.6 Å². The van der Waals surface area contributed by atoms with Crippen LogP contribution in [0.25, 0.3) is 0 Å². The minimum absolute atomic E-state index is 0.0524. The summed E-state index contributed by atoms with van der Waals surface area (Å²) in [7, 11) is 0. The van der Waals surface area contributed by atoms with E-state index in [2.05, 4.69) is 20.9 Å². The molecule has 228 valence electrons. The lowest BCUT2D eigenvalue weighted by atomic mass is 9.84. The van der Waals surface area contributed by atoms with Crippen LogP contribution in [0.15, 0.2) is 29.3 Å². The van der Waals surface area contributed by atoms with Crippen LogP contribution in [0.4, 0.5) is 4.39 Å². The van der Waals surface area contributed by atoms with Crippen molar-refractivity contribution in [2.45, 2.75) is 82.0 Å². The first-order chi connectivity index (χ1) is 19.5. The van der Waals surface area contributed by atoms with Crippen molar-refractivity contribution in [1.82, 2.24) is 16.0 Å². The van der Waals surface area contributed by atoms with Crippen LogP contribution >= 0.6 is 0 Å². The van der Waals surface area contributed by atoms with E-state index in [1.807, 2.05) is 0 Å². The maximum atomic E-state index is 13.6. The molecule has 4 amide bonds. The molecule has 12 N–H and O–H groups in total. The van der Waals surface area contributed by atoms with E-state index in [4.69, 9.17) is 22.9 Å². The molecular weight excluding hydrogens is 535 g/mol. The third-order valence-corrected chi connectivity index (χ3v) is 7.06. The predicted molar refractivity (Wildman–Crippen MR) is 151 cm³/mol. The van der Waals surface area contributed by atoms with Gasteiger partial charge in [0.15, 0.2) is 5.96 Å². The number of aliphatic imine (C=N–C) groups is 1. The number of amides is 4. The van der Waals surface area contributed by atoms with Gasteiger partial charge in [-0.3, -0.25) is 24.2 Å². The van der Waals surface area contributed by atoms with E-state index in [1.165, 1.54) is 24.3 Å². The first-order valence-electron chi connectivity index (χ1n) is 13.9. The lowest BCUT2D eigenvalue weighted by molar-refractivity contribution is -0.134. The van der Waals surface area contributed by atoms with Crippen LogP contribution in [0.1, 0.15) is 56.9 Å². The van der Waals surface area contributed by atoms with E-state index < -0.39 is 60.2 Å². The second-order valence-electron chi connectivity index (χ2n) is 10.4. The number of hydrogen-bond donors (Lipinski definition) is 8. The van der Waals surface area contributed by atoms with Crippen molar-refractivity contribution in [2.24, 2.45) is 33.8 Å². The number of benzene rings is 1. The second-order valence-corrected chi connectivity index (χ2v) is 10.4. The van der Waals surface area contributed by atoms with Crippen molar-refractivity contribution in [3.8, 4) is 0 Å². The number of hydrogen-bond acceptors (Lipinski definition) is 7. The van der Waals surface area contributed by atoms with Crippen LogP contribution in [0, 0.1) is 11.7 Å². The zero-order valence-electron chi connectivity index (χ0n) is 23.2. The van der Waals surface area contributed by atoms with Crippen LogP contribution in [0.3, 0.4) is 0 Å². The van der Waals surface area contributed by atoms with E-state index in [1.54, 1.807) is 0 Å². The second kappa shape index (κ2) is 17.1. The standard InChI is InChI=1S/C27H43FN8O5/c28-18-10-8-17(9-11-18)14-21(26(41)36-22(15-37)23(30)38)35-25(40)20(13-16-5-2-1-3-6-16)34-24(39)19(29)7-4-12-33-27(31)32/h8-11,16,19-22,37H,1-7,12-15,29H2,(H2,30,38)(H,34,39)(H,35,40)(H,36,41)(H4,31,32,33)/t19-,20-,21-,22-/m0/s1. The minimum Gasteiger partial charge on any atom is -0.394 e. The summed E-state index contributed by atoms with van der Waals surface area (Å²) in [4.78, 5) is 55.1. The lowest BCUT2D eigenvalue weighted by Crippen LogP contribution is -2.58. The van der Waals surface area contributed by atoms with Crippen molar-refractivity contribution in [1.29, 1.82) is 0 Å². The summed E-state index contributed by atoms with van der Waals surface area (Å²) >= 11 is 0. The Morgan fingerprint density at radius 1 is 0.902 bits per heavy atom. The van der Waals surface area contributed by atoms with Gasteiger partial charge in [0.05, 0.1) is 12.6 Å². The number of carbonyl (C=O) groups excluding carboxylic acids is 4. The van der Waals surface area contributed by atoms with Crippen molar-refractivity contribution in [2.75, 3.05) is 13.2 Å². The molecule has 0 spiro atoms. The van der Waals surface area contributed by atoms with Crippen LogP contribution in [0.5, 0.6) is 0 Å². The quantitative estimate of drug-likeness (QED) is 0.0661. The fourth-order valence-corrected chi connectivity index (χ4v) is 4.73. The van der Waals surface area contributed by atoms with E-state index >= 15 is 0 Å². The van der Waals surface area contributed by atoms with E-state index in [9.17, 15) is 28.7 Å². The monoisotopic (exact) mass is 578 g/mol. The van der Waals surface area contributed by atoms with Crippen LogP contribution < -0.4 is 38.9 Å². The smallest absolute Gasteiger partial charge is 0.243 e. The molecule has 4 atom stereocenters. The molecule has 41 heavy (non-hydrogen) atoms. The molecule has 1 fully saturated rings. The molecule has 13 nitrogen and oxygen atoms in total. The number of nitrogens with one attached hydrogen (secondary N) is 3. The Kier molecular flexibility index (Phi) is 14.0. The average Bonchev–Trinajstić information content (AvgIpc) is 2.94. The number of rotatable bonds is 16. The maximum absolute atomic E-state index is 13.6. The van der Waals surface area contributed by atoms with Gasteiger partial charge in [-0.1, -0.05) is 44.2 Å². The number of nitrogens with two attached hydrogens (primary N) is 4. The van der Waals surface area contributed by atoms with Crippen molar-refractivity contribution >= 4 is 29.6 Å². The molecule has 0 aliphatic heterocycles. The third-order valence-electron chi connectivity index (χ3n) is 7.06. The molecule has 0 radical (unpaired) electrons. The Labute approximate surface area is 239 Å². The first kappa shape index (κ1) is 33.4. The van der Waals surface area contributed by atoms with Crippen LogP contribution in [-0.4, -0.2) is 72.0 Å². The third kappa shape index (κ3) is 12.1. The highest BCUT2D eigenvalue weighted by molar-refractivity contribution is 5.94. The number of carbonyl (C=O) groups is 4. The lowest BCUT2D eigenvalue weighted by Gasteiger charge is -2.29. The summed E-state index contributed by atoms with van der Waals surface area (Å²) in [5, 5.41) is 17.2. The summed E-state index contributed by atoms with van der Waals surface area (Å²) in [5.41, 5.74) is 22.5. The highest BCUT2D eigenvalue weighted by Gasteiger charge is 2.32. The van der Waals surface area contributed by atoms with Gasteiger partial charge in [-0.05, 0) is 42.9 Å². The Balaban J connectivity index is 2.20. The Hall–Kier alpha value is -3.78. The molecule has 1 aliphatic carbocycles. The van der Waals surface area contributed by atoms with Gasteiger partial charge < -0.3 is 44.0 Å². The molecule has 0 aromatic heterocycles. The number of aliphatic hydroxyl groups is 1. The topological polar surface area (TPSA) is 241 Å². The Morgan fingerprint density at radius 3 is 2.07 bits per heavy atom. The van der Waals surface area contributed by atoms with Gasteiger partial charge in [-0.2, -0.15) is 0 Å². The molecule has 1 aromatic rings. The van der Waals surface area contributed by atoms with Gasteiger partial charge in [0.1, 0.15) is 23.9 Å². The summed E-state index contributed by atoms with van der Waals surface area (Å²) in [6.45, 7) is -0.435.